The Balaban J connectivity index is 1.74. The normalized spacial score (nSPS) is 26.1. The lowest BCUT2D eigenvalue weighted by Gasteiger charge is -2.20. The summed E-state index contributed by atoms with van der Waals surface area (Å²) in [6.45, 7) is 1.67. The molecule has 2 N–H and O–H groups in total. The third kappa shape index (κ3) is 2.73. The Morgan fingerprint density at radius 2 is 2.16 bits per heavy atom. The molecule has 0 spiro atoms. The average Bonchev–Trinajstić information content (AvgIpc) is 2.90. The zero-order chi connectivity index (χ0) is 13.1. The number of hydrogen-bond donors (Lipinski definition) is 2. The molecule has 3 rings (SSSR count). The Morgan fingerprint density at radius 1 is 1.26 bits per heavy atom. The van der Waals surface area contributed by atoms with E-state index in [0.29, 0.717) is 0 Å². The molecule has 4 nitrogen and oxygen atoms in total. The fraction of sp³-hybridized carbons (Fsp3) is 0.533. The Morgan fingerprint density at radius 3 is 3.00 bits per heavy atom. The number of ether oxygens (including phenoxy) is 1. The lowest BCUT2D eigenvalue weighted by Crippen LogP contribution is -2.42. The molecule has 0 aromatic heterocycles. The van der Waals surface area contributed by atoms with Crippen LogP contribution in [-0.2, 0) is 4.79 Å². The fourth-order valence-electron chi connectivity index (χ4n) is 2.86. The average molecular weight is 260 g/mol. The van der Waals surface area contributed by atoms with Crippen LogP contribution in [0.1, 0.15) is 37.3 Å². The van der Waals surface area contributed by atoms with Crippen LogP contribution in [0.3, 0.4) is 0 Å². The van der Waals surface area contributed by atoms with Crippen molar-refractivity contribution in [2.24, 2.45) is 0 Å². The van der Waals surface area contributed by atoms with Crippen molar-refractivity contribution in [2.75, 3.05) is 13.2 Å². The minimum atomic E-state index is -0.0173. The summed E-state index contributed by atoms with van der Waals surface area (Å²) in [6.07, 6.45) is 3.94. The first-order chi connectivity index (χ1) is 9.34. The quantitative estimate of drug-likeness (QED) is 0.852. The van der Waals surface area contributed by atoms with Crippen molar-refractivity contribution in [2.45, 2.75) is 37.8 Å². The Hall–Kier alpha value is -1.55. The fourth-order valence-corrected chi connectivity index (χ4v) is 2.86. The number of nitrogens with one attached hydrogen (secondary N) is 2. The summed E-state index contributed by atoms with van der Waals surface area (Å²) >= 11 is 0. The summed E-state index contributed by atoms with van der Waals surface area (Å²) in [5.74, 6) is 1.03. The third-order valence-corrected chi connectivity index (χ3v) is 3.88. The predicted molar refractivity (Wildman–Crippen MR) is 73.1 cm³/mol. The standard InChI is InChI=1S/C15H20N2O2/c18-15(13-6-3-9-16-13)17-12-7-4-10-19-14-8-2-1-5-11(12)14/h1-2,5,8,12-13,16H,3-4,6-7,9-10H2,(H,17,18). The topological polar surface area (TPSA) is 50.4 Å². The van der Waals surface area contributed by atoms with Gasteiger partial charge >= 0.3 is 0 Å². The molecule has 2 aliphatic heterocycles. The number of benzene rings is 1. The molecule has 2 heterocycles. The molecule has 19 heavy (non-hydrogen) atoms. The molecule has 0 aliphatic carbocycles. The molecule has 4 heteroatoms. The highest BCUT2D eigenvalue weighted by Gasteiger charge is 2.26. The van der Waals surface area contributed by atoms with Gasteiger partial charge < -0.3 is 15.4 Å². The Labute approximate surface area is 113 Å². The molecular formula is C15H20N2O2. The first kappa shape index (κ1) is 12.5. The molecule has 1 saturated heterocycles. The molecule has 2 atom stereocenters. The maximum absolute atomic E-state index is 12.2. The van der Waals surface area contributed by atoms with E-state index in [-0.39, 0.29) is 18.0 Å². The highest BCUT2D eigenvalue weighted by Crippen LogP contribution is 2.31. The number of rotatable bonds is 2. The van der Waals surface area contributed by atoms with Crippen molar-refractivity contribution >= 4 is 5.91 Å². The zero-order valence-electron chi connectivity index (χ0n) is 11.0. The zero-order valence-corrected chi connectivity index (χ0v) is 11.0. The molecule has 0 bridgehead atoms. The summed E-state index contributed by atoms with van der Waals surface area (Å²) in [6, 6.07) is 8.06. The van der Waals surface area contributed by atoms with E-state index in [0.717, 1.165) is 50.1 Å². The molecule has 102 valence electrons. The predicted octanol–water partition coefficient (Wildman–Crippen LogP) is 1.77. The van der Waals surface area contributed by atoms with E-state index in [1.54, 1.807) is 0 Å². The number of carbonyl (C=O) groups excluding carboxylic acids is 1. The van der Waals surface area contributed by atoms with E-state index >= 15 is 0 Å². The van der Waals surface area contributed by atoms with Crippen molar-refractivity contribution in [1.29, 1.82) is 0 Å². The minimum Gasteiger partial charge on any atom is -0.493 e. The molecule has 2 aliphatic rings. The smallest absolute Gasteiger partial charge is 0.237 e. The highest BCUT2D eigenvalue weighted by atomic mass is 16.5. The van der Waals surface area contributed by atoms with Gasteiger partial charge in [0.05, 0.1) is 18.7 Å². The highest BCUT2D eigenvalue weighted by molar-refractivity contribution is 5.82. The van der Waals surface area contributed by atoms with Crippen molar-refractivity contribution < 1.29 is 9.53 Å². The van der Waals surface area contributed by atoms with E-state index in [4.69, 9.17) is 4.74 Å². The summed E-state index contributed by atoms with van der Waals surface area (Å²) in [5.41, 5.74) is 1.10. The van der Waals surface area contributed by atoms with E-state index in [9.17, 15) is 4.79 Å². The monoisotopic (exact) mass is 260 g/mol. The van der Waals surface area contributed by atoms with Gasteiger partial charge in [0, 0.05) is 5.56 Å². The van der Waals surface area contributed by atoms with Crippen molar-refractivity contribution in [3.8, 4) is 5.75 Å². The number of carbonyl (C=O) groups is 1. The van der Waals surface area contributed by atoms with Crippen LogP contribution < -0.4 is 15.4 Å². The van der Waals surface area contributed by atoms with Gasteiger partial charge in [-0.3, -0.25) is 4.79 Å². The van der Waals surface area contributed by atoms with Crippen LogP contribution in [0.2, 0.25) is 0 Å². The maximum Gasteiger partial charge on any atom is 0.237 e. The van der Waals surface area contributed by atoms with E-state index in [1.807, 2.05) is 24.3 Å². The first-order valence-corrected chi connectivity index (χ1v) is 7.10. The molecule has 0 radical (unpaired) electrons. The first-order valence-electron chi connectivity index (χ1n) is 7.10. The van der Waals surface area contributed by atoms with Crippen LogP contribution in [0.25, 0.3) is 0 Å². The lowest BCUT2D eigenvalue weighted by molar-refractivity contribution is -0.123. The van der Waals surface area contributed by atoms with Gasteiger partial charge in [-0.15, -0.1) is 0 Å². The summed E-state index contributed by atoms with van der Waals surface area (Å²) < 4.78 is 5.72. The maximum atomic E-state index is 12.2. The van der Waals surface area contributed by atoms with Gasteiger partial charge in [-0.25, -0.2) is 0 Å². The van der Waals surface area contributed by atoms with Gasteiger partial charge in [0.1, 0.15) is 5.75 Å². The lowest BCUT2D eigenvalue weighted by atomic mass is 10.0. The number of fused-ring (bicyclic) bond motifs is 1. The molecule has 1 amide bonds. The summed E-state index contributed by atoms with van der Waals surface area (Å²) in [5, 5.41) is 6.42. The molecule has 0 saturated carbocycles. The number of hydrogen-bond acceptors (Lipinski definition) is 3. The summed E-state index contributed by atoms with van der Waals surface area (Å²) in [4.78, 5) is 12.2. The minimum absolute atomic E-state index is 0.0173. The molecule has 1 aromatic carbocycles. The van der Waals surface area contributed by atoms with E-state index in [2.05, 4.69) is 10.6 Å². The molecule has 2 unspecified atom stereocenters. The van der Waals surface area contributed by atoms with Gasteiger partial charge in [-0.1, -0.05) is 18.2 Å². The van der Waals surface area contributed by atoms with Crippen LogP contribution in [0, 0.1) is 0 Å². The Bertz CT molecular complexity index is 455. The van der Waals surface area contributed by atoms with Gasteiger partial charge in [-0.2, -0.15) is 0 Å². The second-order valence-corrected chi connectivity index (χ2v) is 5.24. The van der Waals surface area contributed by atoms with E-state index in [1.165, 1.54) is 0 Å². The summed E-state index contributed by atoms with van der Waals surface area (Å²) in [7, 11) is 0. The molecule has 1 fully saturated rings. The van der Waals surface area contributed by atoms with Crippen LogP contribution in [0.15, 0.2) is 24.3 Å². The number of para-hydroxylation sites is 1. The van der Waals surface area contributed by atoms with Gasteiger partial charge in [-0.05, 0) is 38.3 Å². The second-order valence-electron chi connectivity index (χ2n) is 5.24. The van der Waals surface area contributed by atoms with Crippen LogP contribution in [-0.4, -0.2) is 25.1 Å². The third-order valence-electron chi connectivity index (χ3n) is 3.88. The van der Waals surface area contributed by atoms with Gasteiger partial charge in [0.15, 0.2) is 0 Å². The second kappa shape index (κ2) is 5.61. The molecule has 1 aromatic rings. The van der Waals surface area contributed by atoms with Gasteiger partial charge in [0.25, 0.3) is 0 Å². The van der Waals surface area contributed by atoms with E-state index < -0.39 is 0 Å². The van der Waals surface area contributed by atoms with Crippen molar-refractivity contribution in [1.82, 2.24) is 10.6 Å². The number of amides is 1. The van der Waals surface area contributed by atoms with Crippen LogP contribution >= 0.6 is 0 Å². The SMILES string of the molecule is O=C(NC1CCCOc2ccccc21)C1CCCN1. The van der Waals surface area contributed by atoms with Crippen LogP contribution in [0.5, 0.6) is 5.75 Å². The van der Waals surface area contributed by atoms with Crippen molar-refractivity contribution in [3.63, 3.8) is 0 Å². The van der Waals surface area contributed by atoms with Crippen molar-refractivity contribution in [3.05, 3.63) is 29.8 Å². The Kier molecular flexibility index (Phi) is 3.69. The molecular weight excluding hydrogens is 240 g/mol. The van der Waals surface area contributed by atoms with Gasteiger partial charge in [0.2, 0.25) is 5.91 Å². The largest absolute Gasteiger partial charge is 0.493 e. The van der Waals surface area contributed by atoms with Crippen LogP contribution in [0.4, 0.5) is 0 Å².